The van der Waals surface area contributed by atoms with Crippen molar-refractivity contribution in [1.29, 1.82) is 0 Å². The van der Waals surface area contributed by atoms with Gasteiger partial charge >= 0.3 is 0 Å². The molecule has 0 aliphatic heterocycles. The number of halogens is 3. The summed E-state index contributed by atoms with van der Waals surface area (Å²) in [5.41, 5.74) is -0.00998. The Morgan fingerprint density at radius 3 is 2.69 bits per heavy atom. The van der Waals surface area contributed by atoms with Gasteiger partial charge in [-0.2, -0.15) is 0 Å². The molecule has 6 heteroatoms. The van der Waals surface area contributed by atoms with Crippen LogP contribution in [0.5, 0.6) is 0 Å². The largest absolute Gasteiger partial charge is 0.392 e. The van der Waals surface area contributed by atoms with Crippen molar-refractivity contribution in [3.8, 4) is 0 Å². The molecule has 1 aromatic carbocycles. The molecule has 0 saturated carbocycles. The fourth-order valence-electron chi connectivity index (χ4n) is 1.03. The van der Waals surface area contributed by atoms with Crippen LogP contribution in [0.15, 0.2) is 12.1 Å². The van der Waals surface area contributed by atoms with Crippen LogP contribution in [-0.2, 0) is 0 Å². The molecular formula is C10H10Cl2FNO2. The van der Waals surface area contributed by atoms with Crippen molar-refractivity contribution in [2.45, 2.75) is 13.0 Å². The van der Waals surface area contributed by atoms with Gasteiger partial charge in [0.15, 0.2) is 0 Å². The number of nitrogens with one attached hydrogen (secondary N) is 1. The molecule has 2 N–H and O–H groups in total. The Labute approximate surface area is 102 Å². The fraction of sp³-hybridized carbons (Fsp3) is 0.300. The minimum Gasteiger partial charge on any atom is -0.392 e. The molecule has 16 heavy (non-hydrogen) atoms. The van der Waals surface area contributed by atoms with E-state index in [1.165, 1.54) is 6.92 Å². The monoisotopic (exact) mass is 265 g/mol. The highest BCUT2D eigenvalue weighted by molar-refractivity contribution is 6.36. The van der Waals surface area contributed by atoms with Crippen LogP contribution in [0.3, 0.4) is 0 Å². The first kappa shape index (κ1) is 13.2. The Morgan fingerprint density at radius 1 is 1.50 bits per heavy atom. The summed E-state index contributed by atoms with van der Waals surface area (Å²) in [6.07, 6.45) is -0.681. The molecule has 0 heterocycles. The molecule has 1 aromatic rings. The van der Waals surface area contributed by atoms with Crippen LogP contribution in [0, 0.1) is 5.82 Å². The number of benzene rings is 1. The zero-order chi connectivity index (χ0) is 12.3. The number of amides is 1. The first-order valence-electron chi connectivity index (χ1n) is 4.52. The van der Waals surface area contributed by atoms with E-state index in [1.54, 1.807) is 0 Å². The van der Waals surface area contributed by atoms with E-state index in [1.807, 2.05) is 0 Å². The van der Waals surface area contributed by atoms with Crippen molar-refractivity contribution in [2.24, 2.45) is 0 Å². The van der Waals surface area contributed by atoms with E-state index in [9.17, 15) is 9.18 Å². The van der Waals surface area contributed by atoms with Crippen molar-refractivity contribution in [2.75, 3.05) is 6.54 Å². The maximum Gasteiger partial charge on any atom is 0.252 e. The lowest BCUT2D eigenvalue weighted by atomic mass is 10.2. The summed E-state index contributed by atoms with van der Waals surface area (Å²) in [6.45, 7) is 1.59. The summed E-state index contributed by atoms with van der Waals surface area (Å²) in [7, 11) is 0. The van der Waals surface area contributed by atoms with Gasteiger partial charge in [-0.25, -0.2) is 4.39 Å². The van der Waals surface area contributed by atoms with Gasteiger partial charge in [0.05, 0.1) is 21.7 Å². The molecule has 0 bridgehead atoms. The molecule has 1 atom stereocenters. The smallest absolute Gasteiger partial charge is 0.252 e. The van der Waals surface area contributed by atoms with Gasteiger partial charge in [0.1, 0.15) is 5.82 Å². The van der Waals surface area contributed by atoms with E-state index < -0.39 is 17.8 Å². The summed E-state index contributed by atoms with van der Waals surface area (Å²) in [4.78, 5) is 11.5. The van der Waals surface area contributed by atoms with Crippen LogP contribution < -0.4 is 5.32 Å². The Morgan fingerprint density at radius 2 is 2.12 bits per heavy atom. The number of hydrogen-bond acceptors (Lipinski definition) is 2. The molecular weight excluding hydrogens is 256 g/mol. The number of carbonyl (C=O) groups excluding carboxylic acids is 1. The average molecular weight is 266 g/mol. The van der Waals surface area contributed by atoms with E-state index in [0.29, 0.717) is 0 Å². The van der Waals surface area contributed by atoms with Gasteiger partial charge in [0.2, 0.25) is 0 Å². The molecule has 3 nitrogen and oxygen atoms in total. The molecule has 1 rings (SSSR count). The summed E-state index contributed by atoms with van der Waals surface area (Å²) < 4.78 is 13.1. The Bertz CT molecular complexity index is 410. The van der Waals surface area contributed by atoms with Crippen LogP contribution in [-0.4, -0.2) is 23.7 Å². The highest BCUT2D eigenvalue weighted by Crippen LogP contribution is 2.24. The third kappa shape index (κ3) is 3.33. The normalized spacial score (nSPS) is 12.3. The lowest BCUT2D eigenvalue weighted by Crippen LogP contribution is -2.30. The maximum atomic E-state index is 13.1. The third-order valence-electron chi connectivity index (χ3n) is 1.81. The number of carbonyl (C=O) groups is 1. The third-order valence-corrected chi connectivity index (χ3v) is 2.41. The van der Waals surface area contributed by atoms with Gasteiger partial charge < -0.3 is 10.4 Å². The van der Waals surface area contributed by atoms with E-state index in [-0.39, 0.29) is 22.2 Å². The van der Waals surface area contributed by atoms with E-state index in [0.717, 1.165) is 12.1 Å². The Hall–Kier alpha value is -0.840. The van der Waals surface area contributed by atoms with E-state index in [4.69, 9.17) is 28.3 Å². The maximum absolute atomic E-state index is 13.1. The molecule has 0 spiro atoms. The van der Waals surface area contributed by atoms with Gasteiger partial charge in [-0.3, -0.25) is 4.79 Å². The minimum atomic E-state index is -0.715. The lowest BCUT2D eigenvalue weighted by Gasteiger charge is -2.08. The molecule has 0 radical (unpaired) electrons. The molecule has 0 unspecified atom stereocenters. The number of aliphatic hydroxyl groups excluding tert-OH is 1. The van der Waals surface area contributed by atoms with E-state index in [2.05, 4.69) is 5.32 Å². The van der Waals surface area contributed by atoms with Gasteiger partial charge in [0, 0.05) is 6.54 Å². The first-order valence-corrected chi connectivity index (χ1v) is 5.28. The lowest BCUT2D eigenvalue weighted by molar-refractivity contribution is 0.0924. The number of rotatable bonds is 3. The molecule has 88 valence electrons. The second-order valence-corrected chi connectivity index (χ2v) is 4.12. The SMILES string of the molecule is C[C@H](O)CNC(=O)c1cc(F)c(Cl)cc1Cl. The average Bonchev–Trinajstić information content (AvgIpc) is 2.20. The molecule has 0 aliphatic carbocycles. The summed E-state index contributed by atoms with van der Waals surface area (Å²) >= 11 is 11.2. The van der Waals surface area contributed by atoms with Crippen LogP contribution >= 0.6 is 23.2 Å². The topological polar surface area (TPSA) is 49.3 Å². The summed E-state index contributed by atoms with van der Waals surface area (Å²) in [5.74, 6) is -1.27. The standard InChI is InChI=1S/C10H10Cl2FNO2/c1-5(15)4-14-10(16)6-2-9(13)8(12)3-7(6)11/h2-3,5,15H,4H2,1H3,(H,14,16)/t5-/m0/s1. The molecule has 0 saturated heterocycles. The minimum absolute atomic E-state index is 0.00998. The van der Waals surface area contributed by atoms with Crippen LogP contribution in [0.4, 0.5) is 4.39 Å². The molecule has 0 fully saturated rings. The van der Waals surface area contributed by atoms with Crippen molar-refractivity contribution < 1.29 is 14.3 Å². The Kier molecular flexibility index (Phi) is 4.53. The molecule has 0 aromatic heterocycles. The second-order valence-electron chi connectivity index (χ2n) is 3.31. The molecule has 0 aliphatic rings. The zero-order valence-corrected chi connectivity index (χ0v) is 9.94. The van der Waals surface area contributed by atoms with Crippen LogP contribution in [0.1, 0.15) is 17.3 Å². The first-order chi connectivity index (χ1) is 7.41. The van der Waals surface area contributed by atoms with Crippen molar-refractivity contribution in [3.05, 3.63) is 33.6 Å². The van der Waals surface area contributed by atoms with Crippen LogP contribution in [0.25, 0.3) is 0 Å². The predicted molar refractivity (Wildman–Crippen MR) is 60.4 cm³/mol. The van der Waals surface area contributed by atoms with Gasteiger partial charge in [-0.1, -0.05) is 23.2 Å². The second kappa shape index (κ2) is 5.48. The van der Waals surface area contributed by atoms with Gasteiger partial charge in [-0.05, 0) is 19.1 Å². The zero-order valence-electron chi connectivity index (χ0n) is 8.43. The Balaban J connectivity index is 2.87. The fourth-order valence-corrected chi connectivity index (χ4v) is 1.50. The number of hydrogen-bond donors (Lipinski definition) is 2. The predicted octanol–water partition coefficient (Wildman–Crippen LogP) is 2.24. The summed E-state index contributed by atoms with van der Waals surface area (Å²) in [5, 5.41) is 11.3. The quantitative estimate of drug-likeness (QED) is 0.824. The number of aliphatic hydroxyl groups is 1. The van der Waals surface area contributed by atoms with Gasteiger partial charge in [-0.15, -0.1) is 0 Å². The summed E-state index contributed by atoms with van der Waals surface area (Å²) in [6, 6.07) is 2.12. The van der Waals surface area contributed by atoms with Crippen LogP contribution in [0.2, 0.25) is 10.0 Å². The molecule has 1 amide bonds. The highest BCUT2D eigenvalue weighted by Gasteiger charge is 2.14. The van der Waals surface area contributed by atoms with Crippen molar-refractivity contribution in [3.63, 3.8) is 0 Å². The highest BCUT2D eigenvalue weighted by atomic mass is 35.5. The van der Waals surface area contributed by atoms with Crippen molar-refractivity contribution >= 4 is 29.1 Å². The van der Waals surface area contributed by atoms with Gasteiger partial charge in [0.25, 0.3) is 5.91 Å². The van der Waals surface area contributed by atoms with Crippen molar-refractivity contribution in [1.82, 2.24) is 5.32 Å². The van der Waals surface area contributed by atoms with E-state index >= 15 is 0 Å².